The monoisotopic (exact) mass is 383 g/mol. The molecule has 2 unspecified atom stereocenters. The number of amides is 1. The fourth-order valence-electron chi connectivity index (χ4n) is 4.48. The molecule has 2 atom stereocenters. The molecule has 5 heteroatoms. The van der Waals surface area contributed by atoms with Crippen molar-refractivity contribution in [3.05, 3.63) is 41.0 Å². The summed E-state index contributed by atoms with van der Waals surface area (Å²) in [7, 11) is 0. The van der Waals surface area contributed by atoms with E-state index in [0.717, 1.165) is 63.1 Å². The van der Waals surface area contributed by atoms with Crippen LogP contribution in [0, 0.1) is 5.92 Å². The number of carbonyl (C=O) groups excluding carboxylic acids is 1. The first-order chi connectivity index (χ1) is 13.7. The molecule has 1 saturated carbocycles. The molecule has 0 aromatic heterocycles. The van der Waals surface area contributed by atoms with Crippen molar-refractivity contribution in [3.63, 3.8) is 0 Å². The number of hydrazine groups is 1. The Hall–Kier alpha value is -1.85. The summed E-state index contributed by atoms with van der Waals surface area (Å²) in [5.74, 6) is 1.54. The van der Waals surface area contributed by atoms with Crippen molar-refractivity contribution in [2.24, 2.45) is 5.92 Å². The summed E-state index contributed by atoms with van der Waals surface area (Å²) in [6.45, 7) is 8.36. The van der Waals surface area contributed by atoms with Gasteiger partial charge in [-0.15, -0.1) is 0 Å². The van der Waals surface area contributed by atoms with Crippen LogP contribution in [0.3, 0.4) is 0 Å². The Bertz CT molecular complexity index is 741. The molecule has 2 heterocycles. The third kappa shape index (κ3) is 4.26. The first-order valence-corrected chi connectivity index (χ1v) is 10.9. The van der Waals surface area contributed by atoms with E-state index in [2.05, 4.69) is 53.5 Å². The number of nitrogens with one attached hydrogen (secondary N) is 1. The molecule has 3 aliphatic rings. The molecule has 1 amide bonds. The average molecular weight is 384 g/mol. The van der Waals surface area contributed by atoms with Gasteiger partial charge in [0.15, 0.2) is 0 Å². The highest BCUT2D eigenvalue weighted by atomic mass is 16.5. The molecule has 0 spiro atoms. The van der Waals surface area contributed by atoms with Gasteiger partial charge in [-0.2, -0.15) is 0 Å². The zero-order valence-electron chi connectivity index (χ0n) is 17.2. The summed E-state index contributed by atoms with van der Waals surface area (Å²) in [4.78, 5) is 15.3. The lowest BCUT2D eigenvalue weighted by molar-refractivity contribution is -0.129. The van der Waals surface area contributed by atoms with E-state index in [1.54, 1.807) is 0 Å². The zero-order chi connectivity index (χ0) is 19.5. The molecule has 1 saturated heterocycles. The van der Waals surface area contributed by atoms with E-state index in [1.165, 1.54) is 11.1 Å². The SMILES string of the molecule is CCc1ccc(OCCN(C(=O)C2=CCN3CC2CCN3)C2CC2)cc1CC. The van der Waals surface area contributed by atoms with Gasteiger partial charge in [0.05, 0.1) is 6.54 Å². The minimum Gasteiger partial charge on any atom is -0.492 e. The molecule has 5 nitrogen and oxygen atoms in total. The van der Waals surface area contributed by atoms with Crippen LogP contribution in [-0.2, 0) is 17.6 Å². The Kier molecular flexibility index (Phi) is 6.02. The largest absolute Gasteiger partial charge is 0.492 e. The van der Waals surface area contributed by atoms with Gasteiger partial charge in [-0.25, -0.2) is 5.01 Å². The standard InChI is InChI=1S/C23H33N3O2/c1-3-17-5-8-21(15-18(17)4-2)28-14-13-26(20-6-7-20)23(27)22-10-12-25-16-19(22)9-11-24-25/h5,8,10,15,19-20,24H,3-4,6-7,9,11-14,16H2,1-2H3. The minimum absolute atomic E-state index is 0.244. The van der Waals surface area contributed by atoms with Crippen molar-refractivity contribution in [2.75, 3.05) is 32.8 Å². The molecule has 2 fully saturated rings. The smallest absolute Gasteiger partial charge is 0.250 e. The van der Waals surface area contributed by atoms with Crippen LogP contribution < -0.4 is 10.2 Å². The molecule has 1 aromatic carbocycles. The van der Waals surface area contributed by atoms with Crippen LogP contribution in [0.1, 0.15) is 44.2 Å². The fraction of sp³-hybridized carbons (Fsp3) is 0.609. The number of ether oxygens (including phenoxy) is 1. The lowest BCUT2D eigenvalue weighted by atomic mass is 9.90. The van der Waals surface area contributed by atoms with E-state index >= 15 is 0 Å². The molecule has 2 bridgehead atoms. The number of benzene rings is 1. The second-order valence-corrected chi connectivity index (χ2v) is 8.17. The van der Waals surface area contributed by atoms with Crippen molar-refractivity contribution in [1.29, 1.82) is 0 Å². The van der Waals surface area contributed by atoms with Gasteiger partial charge in [-0.05, 0) is 55.4 Å². The summed E-state index contributed by atoms with van der Waals surface area (Å²) in [5.41, 5.74) is 7.17. The summed E-state index contributed by atoms with van der Waals surface area (Å²) >= 11 is 0. The van der Waals surface area contributed by atoms with Crippen LogP contribution in [0.2, 0.25) is 0 Å². The van der Waals surface area contributed by atoms with E-state index in [9.17, 15) is 4.79 Å². The third-order valence-electron chi connectivity index (χ3n) is 6.28. The molecule has 152 valence electrons. The fourth-order valence-corrected chi connectivity index (χ4v) is 4.48. The molecular weight excluding hydrogens is 350 g/mol. The second-order valence-electron chi connectivity index (χ2n) is 8.17. The van der Waals surface area contributed by atoms with E-state index in [0.29, 0.717) is 25.1 Å². The number of fused-ring (bicyclic) bond motifs is 2. The highest BCUT2D eigenvalue weighted by molar-refractivity contribution is 5.94. The number of hydrogen-bond acceptors (Lipinski definition) is 4. The summed E-state index contributed by atoms with van der Waals surface area (Å²) in [6.07, 6.45) is 7.51. The van der Waals surface area contributed by atoms with Gasteiger partial charge in [0, 0.05) is 37.2 Å². The Labute approximate surface area is 168 Å². The zero-order valence-corrected chi connectivity index (χ0v) is 17.2. The van der Waals surface area contributed by atoms with Crippen LogP contribution in [0.25, 0.3) is 0 Å². The number of aryl methyl sites for hydroxylation is 2. The topological polar surface area (TPSA) is 44.8 Å². The lowest BCUT2D eigenvalue weighted by Crippen LogP contribution is -2.52. The second kappa shape index (κ2) is 8.66. The molecule has 1 N–H and O–H groups in total. The molecular formula is C23H33N3O2. The molecule has 1 aromatic rings. The van der Waals surface area contributed by atoms with E-state index in [4.69, 9.17) is 4.74 Å². The maximum atomic E-state index is 13.3. The molecule has 0 radical (unpaired) electrons. The van der Waals surface area contributed by atoms with Crippen molar-refractivity contribution < 1.29 is 9.53 Å². The number of nitrogens with zero attached hydrogens (tertiary/aromatic N) is 2. The van der Waals surface area contributed by atoms with E-state index in [-0.39, 0.29) is 5.91 Å². The predicted octanol–water partition coefficient (Wildman–Crippen LogP) is 2.95. The summed E-state index contributed by atoms with van der Waals surface area (Å²) < 4.78 is 6.04. The molecule has 28 heavy (non-hydrogen) atoms. The van der Waals surface area contributed by atoms with Crippen LogP contribution in [0.15, 0.2) is 29.8 Å². The maximum absolute atomic E-state index is 13.3. The quantitative estimate of drug-likeness (QED) is 0.750. The molecule has 2 aliphatic heterocycles. The van der Waals surface area contributed by atoms with E-state index < -0.39 is 0 Å². The van der Waals surface area contributed by atoms with Crippen LogP contribution >= 0.6 is 0 Å². The lowest BCUT2D eigenvalue weighted by Gasteiger charge is -2.38. The van der Waals surface area contributed by atoms with E-state index in [1.807, 2.05) is 0 Å². The summed E-state index contributed by atoms with van der Waals surface area (Å²) in [5, 5.41) is 2.22. The van der Waals surface area contributed by atoms with Gasteiger partial charge in [0.2, 0.25) is 5.91 Å². The molecule has 1 aliphatic carbocycles. The van der Waals surface area contributed by atoms with Crippen molar-refractivity contribution >= 4 is 5.91 Å². The Morgan fingerprint density at radius 1 is 1.21 bits per heavy atom. The van der Waals surface area contributed by atoms with Gasteiger partial charge >= 0.3 is 0 Å². The van der Waals surface area contributed by atoms with Crippen LogP contribution in [0.4, 0.5) is 0 Å². The third-order valence-corrected chi connectivity index (χ3v) is 6.28. The van der Waals surface area contributed by atoms with Crippen molar-refractivity contribution in [3.8, 4) is 5.75 Å². The predicted molar refractivity (Wildman–Crippen MR) is 111 cm³/mol. The first kappa shape index (κ1) is 19.5. The maximum Gasteiger partial charge on any atom is 0.250 e. The number of rotatable bonds is 8. The Morgan fingerprint density at radius 2 is 2.04 bits per heavy atom. The van der Waals surface area contributed by atoms with Crippen molar-refractivity contribution in [1.82, 2.24) is 15.3 Å². The number of hydrogen-bond donors (Lipinski definition) is 1. The van der Waals surface area contributed by atoms with Gasteiger partial charge in [-0.3, -0.25) is 10.2 Å². The van der Waals surface area contributed by atoms with Gasteiger partial charge in [0.25, 0.3) is 0 Å². The Morgan fingerprint density at radius 3 is 2.79 bits per heavy atom. The highest BCUT2D eigenvalue weighted by Gasteiger charge is 2.37. The van der Waals surface area contributed by atoms with Crippen molar-refractivity contribution in [2.45, 2.75) is 52.0 Å². The number of carbonyl (C=O) groups is 1. The van der Waals surface area contributed by atoms with Gasteiger partial charge < -0.3 is 9.64 Å². The first-order valence-electron chi connectivity index (χ1n) is 10.9. The molecule has 4 rings (SSSR count). The minimum atomic E-state index is 0.244. The average Bonchev–Trinajstić information content (AvgIpc) is 3.56. The summed E-state index contributed by atoms with van der Waals surface area (Å²) in [6, 6.07) is 6.81. The highest BCUT2D eigenvalue weighted by Crippen LogP contribution is 2.32. The van der Waals surface area contributed by atoms with Crippen LogP contribution in [0.5, 0.6) is 5.75 Å². The van der Waals surface area contributed by atoms with Crippen LogP contribution in [-0.4, -0.2) is 54.6 Å². The Balaban J connectivity index is 1.37. The van der Waals surface area contributed by atoms with Gasteiger partial charge in [0.1, 0.15) is 12.4 Å². The normalized spacial score (nSPS) is 23.9. The van der Waals surface area contributed by atoms with Gasteiger partial charge in [-0.1, -0.05) is 26.0 Å².